The van der Waals surface area contributed by atoms with Crippen LogP contribution in [0.4, 0.5) is 0 Å². The number of hydrogen-bond donors (Lipinski definition) is 1. The molecule has 0 aromatic rings. The molecule has 6 aliphatic carbocycles. The molecule has 2 aliphatic heterocycles. The minimum atomic E-state index is -0.490. The quantitative estimate of drug-likeness (QED) is 0.357. The highest BCUT2D eigenvalue weighted by Crippen LogP contribution is 2.92. The van der Waals surface area contributed by atoms with E-state index in [1.54, 1.807) is 0 Å². The van der Waals surface area contributed by atoms with Crippen LogP contribution in [0.1, 0.15) is 119 Å². The van der Waals surface area contributed by atoms with Gasteiger partial charge < -0.3 is 29.0 Å². The van der Waals surface area contributed by atoms with Gasteiger partial charge in [-0.3, -0.25) is 4.79 Å². The van der Waals surface area contributed by atoms with Crippen molar-refractivity contribution < 1.29 is 28.9 Å². The molecule has 6 saturated carbocycles. The summed E-state index contributed by atoms with van der Waals surface area (Å²) >= 11 is 0. The van der Waals surface area contributed by atoms with Gasteiger partial charge in [-0.15, -0.1) is 0 Å². The van der Waals surface area contributed by atoms with Gasteiger partial charge in [0.25, 0.3) is 0 Å². The fraction of sp³-hybridized carbons (Fsp3) is 0.947. The van der Waals surface area contributed by atoms with Crippen LogP contribution in [-0.4, -0.2) is 72.6 Å². The number of morpholine rings is 1. The van der Waals surface area contributed by atoms with Gasteiger partial charge in [-0.2, -0.15) is 0 Å². The summed E-state index contributed by atoms with van der Waals surface area (Å²) in [5.74, 6) is 2.14. The summed E-state index contributed by atoms with van der Waals surface area (Å²) in [7, 11) is 0. The van der Waals surface area contributed by atoms with E-state index in [2.05, 4.69) is 41.5 Å². The van der Waals surface area contributed by atoms with Crippen LogP contribution in [0.5, 0.6) is 0 Å². The number of rotatable bonds is 6. The number of carbonyl (C=O) groups excluding carboxylic acids is 2. The minimum Gasteiger partial charge on any atom is -0.390 e. The Morgan fingerprint density at radius 2 is 1.82 bits per heavy atom. The molecule has 2 spiro atoms. The maximum Gasteiger partial charge on any atom is 0.223 e. The first kappa shape index (κ1) is 31.3. The van der Waals surface area contributed by atoms with Crippen molar-refractivity contribution in [3.8, 4) is 0 Å². The Hall–Kier alpha value is -1.02. The van der Waals surface area contributed by atoms with Gasteiger partial charge in [0.05, 0.1) is 37.6 Å². The van der Waals surface area contributed by atoms with Crippen molar-refractivity contribution >= 4 is 12.2 Å². The van der Waals surface area contributed by atoms with Crippen LogP contribution in [0, 0.1) is 56.2 Å². The molecule has 8 aliphatic rings. The first-order valence-corrected chi connectivity index (χ1v) is 18.6. The zero-order valence-electron chi connectivity index (χ0n) is 28.8. The van der Waals surface area contributed by atoms with Gasteiger partial charge in [-0.25, -0.2) is 0 Å². The minimum absolute atomic E-state index is 0.0347. The van der Waals surface area contributed by atoms with Crippen LogP contribution >= 0.6 is 0 Å². The Labute approximate surface area is 270 Å². The van der Waals surface area contributed by atoms with Crippen molar-refractivity contribution in [1.82, 2.24) is 4.90 Å². The Morgan fingerprint density at radius 3 is 2.56 bits per heavy atom. The van der Waals surface area contributed by atoms with Gasteiger partial charge in [0.2, 0.25) is 5.91 Å². The fourth-order valence-electron chi connectivity index (χ4n) is 14.0. The van der Waals surface area contributed by atoms with E-state index in [-0.39, 0.29) is 63.0 Å². The fourth-order valence-corrected chi connectivity index (χ4v) is 14.0. The molecule has 252 valence electrons. The van der Waals surface area contributed by atoms with Crippen molar-refractivity contribution in [2.75, 3.05) is 19.7 Å². The first-order chi connectivity index (χ1) is 21.3. The lowest BCUT2D eigenvalue weighted by Crippen LogP contribution is -2.63. The Bertz CT molecular complexity index is 1230. The van der Waals surface area contributed by atoms with E-state index < -0.39 is 6.10 Å². The van der Waals surface area contributed by atoms with Gasteiger partial charge in [0.1, 0.15) is 6.29 Å². The first-order valence-electron chi connectivity index (χ1n) is 18.6. The van der Waals surface area contributed by atoms with Crippen LogP contribution in [0.25, 0.3) is 0 Å². The third kappa shape index (κ3) is 3.90. The van der Waals surface area contributed by atoms with E-state index in [0.717, 1.165) is 38.4 Å². The Balaban J connectivity index is 1.03. The van der Waals surface area contributed by atoms with Gasteiger partial charge >= 0.3 is 0 Å². The highest BCUT2D eigenvalue weighted by molar-refractivity contribution is 5.76. The monoisotopic (exact) mass is 625 g/mol. The van der Waals surface area contributed by atoms with E-state index in [9.17, 15) is 14.7 Å². The lowest BCUT2D eigenvalue weighted by Gasteiger charge is -2.67. The number of nitrogens with zero attached hydrogens (tertiary/aromatic N) is 1. The number of carbonyl (C=O) groups is 2. The van der Waals surface area contributed by atoms with Gasteiger partial charge in [0, 0.05) is 24.8 Å². The molecular formula is C38H59NO6. The molecule has 45 heavy (non-hydrogen) atoms. The third-order valence-electron chi connectivity index (χ3n) is 17.0. The maximum atomic E-state index is 12.9. The standard InChI is InChI=1S/C38H59NO6/c1-23-19-25(11-17-40)44-31-30(23)34(4)14-15-37-22-38(37)13-10-27(45-29-21-39(16-18-43-29)28(41)20-24-7-8-24)33(2,3)35(38,5)12-9-26(37)36(34,6)32(31)42/h17,23-27,29-32,42H,7-16,18-22H2,1-6H3/t23-,25?,26?,27+,29+,30+,31?,32+,34-,35+,36-,37?,38-/m1/s1. The largest absolute Gasteiger partial charge is 0.390 e. The lowest BCUT2D eigenvalue weighted by atomic mass is 9.38. The zero-order valence-corrected chi connectivity index (χ0v) is 28.8. The number of ether oxygens (including phenoxy) is 3. The average Bonchev–Trinajstić information content (AvgIpc) is 3.91. The number of hydrogen-bond acceptors (Lipinski definition) is 6. The molecule has 0 bridgehead atoms. The average molecular weight is 626 g/mol. The van der Waals surface area contributed by atoms with Crippen molar-refractivity contribution in [2.24, 2.45) is 56.2 Å². The number of fused-ring (bicyclic) bond motifs is 4. The molecule has 0 radical (unpaired) electrons. The molecule has 4 unspecified atom stereocenters. The van der Waals surface area contributed by atoms with Crippen molar-refractivity contribution in [2.45, 2.75) is 149 Å². The van der Waals surface area contributed by atoms with E-state index in [1.165, 1.54) is 32.1 Å². The Morgan fingerprint density at radius 1 is 1.04 bits per heavy atom. The summed E-state index contributed by atoms with van der Waals surface area (Å²) < 4.78 is 19.7. The summed E-state index contributed by atoms with van der Waals surface area (Å²) in [5.41, 5.74) is 0.481. The third-order valence-corrected chi connectivity index (χ3v) is 17.0. The molecule has 8 rings (SSSR count). The molecule has 2 heterocycles. The van der Waals surface area contributed by atoms with Crippen molar-refractivity contribution in [1.29, 1.82) is 0 Å². The summed E-state index contributed by atoms with van der Waals surface area (Å²) in [4.78, 5) is 26.3. The summed E-state index contributed by atoms with van der Waals surface area (Å²) in [6.07, 6.45) is 12.6. The number of amides is 1. The summed E-state index contributed by atoms with van der Waals surface area (Å²) in [6, 6.07) is 0. The molecule has 0 aromatic heterocycles. The zero-order chi connectivity index (χ0) is 31.8. The predicted octanol–water partition coefficient (Wildman–Crippen LogP) is 6.15. The van der Waals surface area contributed by atoms with E-state index >= 15 is 0 Å². The number of aliphatic hydroxyl groups is 1. The molecule has 1 amide bonds. The molecule has 0 aromatic carbocycles. The number of aldehydes is 1. The lowest BCUT2D eigenvalue weighted by molar-refractivity contribution is -0.267. The van der Waals surface area contributed by atoms with Gasteiger partial charge in [0.15, 0.2) is 6.29 Å². The van der Waals surface area contributed by atoms with Crippen LogP contribution in [0.15, 0.2) is 0 Å². The molecule has 13 atom stereocenters. The normalized spacial score (nSPS) is 54.6. The summed E-state index contributed by atoms with van der Waals surface area (Å²) in [5, 5.41) is 12.3. The second kappa shape index (κ2) is 10.0. The molecule has 7 heteroatoms. The van der Waals surface area contributed by atoms with Crippen LogP contribution < -0.4 is 0 Å². The van der Waals surface area contributed by atoms with Gasteiger partial charge in [-0.05, 0) is 115 Å². The highest BCUT2D eigenvalue weighted by Gasteiger charge is 2.87. The molecule has 8 fully saturated rings. The number of aliphatic hydroxyl groups excluding tert-OH is 1. The van der Waals surface area contributed by atoms with Crippen molar-refractivity contribution in [3.63, 3.8) is 0 Å². The van der Waals surface area contributed by atoms with Crippen LogP contribution in [0.2, 0.25) is 0 Å². The Kier molecular flexibility index (Phi) is 6.95. The van der Waals surface area contributed by atoms with E-state index in [4.69, 9.17) is 14.2 Å². The maximum absolute atomic E-state index is 12.9. The molecule has 1 N–H and O–H groups in total. The highest BCUT2D eigenvalue weighted by atomic mass is 16.7. The molecular weight excluding hydrogens is 566 g/mol. The SMILES string of the molecule is C[C@@H]1CC(CC=O)OC2[C@H]1[C@@]1(C)CCC34C[C@@]35CC[C@H](O[C@H]3CN(C(=O)CC6CC6)CCO3)C(C)(C)[C@]5(C)CCC4[C@]1(C)[C@H]2O. The second-order valence-electron chi connectivity index (χ2n) is 18.5. The topological polar surface area (TPSA) is 85.3 Å². The predicted molar refractivity (Wildman–Crippen MR) is 170 cm³/mol. The smallest absolute Gasteiger partial charge is 0.223 e. The van der Waals surface area contributed by atoms with Crippen LogP contribution in [-0.2, 0) is 23.8 Å². The van der Waals surface area contributed by atoms with Crippen molar-refractivity contribution in [3.05, 3.63) is 0 Å². The second-order valence-corrected chi connectivity index (χ2v) is 18.5. The van der Waals surface area contributed by atoms with E-state index in [0.29, 0.717) is 56.2 Å². The molecule has 2 saturated heterocycles. The molecule has 7 nitrogen and oxygen atoms in total. The van der Waals surface area contributed by atoms with E-state index in [1.807, 2.05) is 4.90 Å². The van der Waals surface area contributed by atoms with Gasteiger partial charge in [-0.1, -0.05) is 41.5 Å². The van der Waals surface area contributed by atoms with Crippen LogP contribution in [0.3, 0.4) is 0 Å². The summed E-state index contributed by atoms with van der Waals surface area (Å²) in [6.45, 7) is 16.6.